The lowest BCUT2D eigenvalue weighted by atomic mass is 10.0. The molecule has 0 amide bonds. The largest absolute Gasteiger partial charge is 0.306 e. The quantitative estimate of drug-likeness (QED) is 0.872. The SMILES string of the molecule is Cc1ccccc1[C@@H](C)NCc1ccc(F)c(F)c1. The summed E-state index contributed by atoms with van der Waals surface area (Å²) >= 11 is 0. The summed E-state index contributed by atoms with van der Waals surface area (Å²) in [6.07, 6.45) is 0. The molecule has 1 N–H and O–H groups in total. The Hall–Kier alpha value is -1.74. The molecule has 100 valence electrons. The van der Waals surface area contributed by atoms with Gasteiger partial charge in [-0.3, -0.25) is 0 Å². The van der Waals surface area contributed by atoms with Crippen molar-refractivity contribution in [3.8, 4) is 0 Å². The zero-order valence-electron chi connectivity index (χ0n) is 11.1. The summed E-state index contributed by atoms with van der Waals surface area (Å²) in [5, 5.41) is 3.31. The van der Waals surface area contributed by atoms with Crippen molar-refractivity contribution >= 4 is 0 Å². The highest BCUT2D eigenvalue weighted by Crippen LogP contribution is 2.17. The first-order valence-corrected chi connectivity index (χ1v) is 6.31. The molecule has 1 nitrogen and oxygen atoms in total. The molecule has 0 saturated carbocycles. The Labute approximate surface area is 112 Å². The number of nitrogens with one attached hydrogen (secondary N) is 1. The summed E-state index contributed by atoms with van der Waals surface area (Å²) in [6.45, 7) is 4.62. The minimum atomic E-state index is -0.810. The second-order valence-electron chi connectivity index (χ2n) is 4.71. The van der Waals surface area contributed by atoms with Crippen LogP contribution in [0, 0.1) is 18.6 Å². The maximum Gasteiger partial charge on any atom is 0.159 e. The lowest BCUT2D eigenvalue weighted by molar-refractivity contribution is 0.503. The molecule has 0 heterocycles. The van der Waals surface area contributed by atoms with Crippen molar-refractivity contribution in [1.82, 2.24) is 5.32 Å². The van der Waals surface area contributed by atoms with Crippen LogP contribution in [-0.4, -0.2) is 0 Å². The molecule has 0 saturated heterocycles. The normalized spacial score (nSPS) is 12.4. The lowest BCUT2D eigenvalue weighted by Gasteiger charge is -2.16. The monoisotopic (exact) mass is 261 g/mol. The molecule has 2 aromatic rings. The Morgan fingerprint density at radius 2 is 1.79 bits per heavy atom. The van der Waals surface area contributed by atoms with Gasteiger partial charge in [0.25, 0.3) is 0 Å². The van der Waals surface area contributed by atoms with Crippen LogP contribution in [0.3, 0.4) is 0 Å². The molecule has 0 aliphatic carbocycles. The van der Waals surface area contributed by atoms with Gasteiger partial charge in [-0.25, -0.2) is 8.78 Å². The first kappa shape index (κ1) is 13.7. The highest BCUT2D eigenvalue weighted by molar-refractivity contribution is 5.28. The van der Waals surface area contributed by atoms with Crippen LogP contribution in [0.4, 0.5) is 8.78 Å². The molecule has 3 heteroatoms. The third-order valence-electron chi connectivity index (χ3n) is 3.25. The van der Waals surface area contributed by atoms with Gasteiger partial charge < -0.3 is 5.32 Å². The molecule has 19 heavy (non-hydrogen) atoms. The van der Waals surface area contributed by atoms with Crippen LogP contribution in [-0.2, 0) is 6.54 Å². The Kier molecular flexibility index (Phi) is 4.27. The zero-order valence-corrected chi connectivity index (χ0v) is 11.1. The van der Waals surface area contributed by atoms with Gasteiger partial charge in [0.2, 0.25) is 0 Å². The number of hydrogen-bond donors (Lipinski definition) is 1. The van der Waals surface area contributed by atoms with Gasteiger partial charge in [-0.1, -0.05) is 30.3 Å². The molecule has 0 unspecified atom stereocenters. The van der Waals surface area contributed by atoms with E-state index in [2.05, 4.69) is 31.3 Å². The molecule has 1 atom stereocenters. The van der Waals surface area contributed by atoms with Crippen LogP contribution in [0.2, 0.25) is 0 Å². The third kappa shape index (κ3) is 3.38. The summed E-state index contributed by atoms with van der Waals surface area (Å²) in [5.41, 5.74) is 3.16. The fourth-order valence-corrected chi connectivity index (χ4v) is 2.10. The van der Waals surface area contributed by atoms with E-state index in [0.29, 0.717) is 6.54 Å². The molecule has 0 fully saturated rings. The molecule has 2 aromatic carbocycles. The zero-order chi connectivity index (χ0) is 13.8. The van der Waals surface area contributed by atoms with Crippen LogP contribution >= 0.6 is 0 Å². The van der Waals surface area contributed by atoms with Gasteiger partial charge in [0, 0.05) is 12.6 Å². The van der Waals surface area contributed by atoms with Crippen LogP contribution in [0.15, 0.2) is 42.5 Å². The Bertz CT molecular complexity index is 566. The minimum absolute atomic E-state index is 0.161. The highest BCUT2D eigenvalue weighted by atomic mass is 19.2. The van der Waals surface area contributed by atoms with E-state index in [0.717, 1.165) is 11.6 Å². The average molecular weight is 261 g/mol. The second-order valence-corrected chi connectivity index (χ2v) is 4.71. The molecular formula is C16H17F2N. The fraction of sp³-hybridized carbons (Fsp3) is 0.250. The molecular weight excluding hydrogens is 244 g/mol. The molecule has 2 rings (SSSR count). The van der Waals surface area contributed by atoms with Crippen molar-refractivity contribution < 1.29 is 8.78 Å². The highest BCUT2D eigenvalue weighted by Gasteiger charge is 2.08. The van der Waals surface area contributed by atoms with Crippen LogP contribution in [0.5, 0.6) is 0 Å². The van der Waals surface area contributed by atoms with Crippen LogP contribution in [0.25, 0.3) is 0 Å². The van der Waals surface area contributed by atoms with Crippen molar-refractivity contribution in [1.29, 1.82) is 0 Å². The van der Waals surface area contributed by atoms with E-state index in [1.165, 1.54) is 17.2 Å². The summed E-state index contributed by atoms with van der Waals surface area (Å²) in [4.78, 5) is 0. The van der Waals surface area contributed by atoms with Crippen LogP contribution in [0.1, 0.15) is 29.7 Å². The van der Waals surface area contributed by atoms with Crippen molar-refractivity contribution in [3.05, 3.63) is 70.8 Å². The van der Waals surface area contributed by atoms with E-state index in [-0.39, 0.29) is 6.04 Å². The van der Waals surface area contributed by atoms with Crippen molar-refractivity contribution in [2.45, 2.75) is 26.4 Å². The van der Waals surface area contributed by atoms with Gasteiger partial charge in [0.05, 0.1) is 0 Å². The van der Waals surface area contributed by atoms with Crippen molar-refractivity contribution in [3.63, 3.8) is 0 Å². The van der Waals surface area contributed by atoms with E-state index in [1.54, 1.807) is 6.07 Å². The maximum absolute atomic E-state index is 13.1. The van der Waals surface area contributed by atoms with Crippen molar-refractivity contribution in [2.75, 3.05) is 0 Å². The maximum atomic E-state index is 13.1. The number of aryl methyl sites for hydroxylation is 1. The van der Waals surface area contributed by atoms with Gasteiger partial charge in [-0.15, -0.1) is 0 Å². The summed E-state index contributed by atoms with van der Waals surface area (Å²) in [5.74, 6) is -1.61. The number of halogens is 2. The Morgan fingerprint density at radius 3 is 2.47 bits per heavy atom. The summed E-state index contributed by atoms with van der Waals surface area (Å²) < 4.78 is 25.9. The summed E-state index contributed by atoms with van der Waals surface area (Å²) in [6, 6.07) is 12.3. The molecule has 0 bridgehead atoms. The van der Waals surface area contributed by atoms with E-state index in [1.807, 2.05) is 12.1 Å². The Balaban J connectivity index is 2.02. The topological polar surface area (TPSA) is 12.0 Å². The molecule has 0 aliphatic heterocycles. The number of rotatable bonds is 4. The van der Waals surface area contributed by atoms with Gasteiger partial charge in [0.1, 0.15) is 0 Å². The third-order valence-corrected chi connectivity index (χ3v) is 3.25. The van der Waals surface area contributed by atoms with E-state index < -0.39 is 11.6 Å². The van der Waals surface area contributed by atoms with Crippen LogP contribution < -0.4 is 5.32 Å². The fourth-order valence-electron chi connectivity index (χ4n) is 2.10. The average Bonchev–Trinajstić information content (AvgIpc) is 2.40. The van der Waals surface area contributed by atoms with Gasteiger partial charge in [-0.05, 0) is 42.7 Å². The first-order valence-electron chi connectivity index (χ1n) is 6.31. The molecule has 0 radical (unpaired) electrons. The van der Waals surface area contributed by atoms with Gasteiger partial charge >= 0.3 is 0 Å². The molecule has 0 spiro atoms. The van der Waals surface area contributed by atoms with E-state index in [9.17, 15) is 8.78 Å². The second kappa shape index (κ2) is 5.93. The van der Waals surface area contributed by atoms with E-state index >= 15 is 0 Å². The molecule has 0 aliphatic rings. The number of hydrogen-bond acceptors (Lipinski definition) is 1. The van der Waals surface area contributed by atoms with E-state index in [4.69, 9.17) is 0 Å². The lowest BCUT2D eigenvalue weighted by Crippen LogP contribution is -2.19. The number of benzene rings is 2. The van der Waals surface area contributed by atoms with Gasteiger partial charge in [-0.2, -0.15) is 0 Å². The standard InChI is InChI=1S/C16H17F2N/c1-11-5-3-4-6-14(11)12(2)19-10-13-7-8-15(17)16(18)9-13/h3-9,12,19H,10H2,1-2H3/t12-/m1/s1. The predicted octanol–water partition coefficient (Wildman–Crippen LogP) is 4.12. The summed E-state index contributed by atoms with van der Waals surface area (Å²) in [7, 11) is 0. The van der Waals surface area contributed by atoms with Crippen molar-refractivity contribution in [2.24, 2.45) is 0 Å². The Morgan fingerprint density at radius 1 is 1.05 bits per heavy atom. The van der Waals surface area contributed by atoms with Gasteiger partial charge in [0.15, 0.2) is 11.6 Å². The first-order chi connectivity index (χ1) is 9.08. The smallest absolute Gasteiger partial charge is 0.159 e. The minimum Gasteiger partial charge on any atom is -0.306 e. The predicted molar refractivity (Wildman–Crippen MR) is 72.8 cm³/mol. The molecule has 0 aromatic heterocycles.